The normalized spacial score (nSPS) is 34.7. The van der Waals surface area contributed by atoms with Gasteiger partial charge in [0, 0.05) is 18.3 Å². The predicted octanol–water partition coefficient (Wildman–Crippen LogP) is 2.17. The molecule has 4 aliphatic rings. The van der Waals surface area contributed by atoms with Crippen molar-refractivity contribution in [3.05, 3.63) is 11.6 Å². The first kappa shape index (κ1) is 32.3. The van der Waals surface area contributed by atoms with Gasteiger partial charge in [0.25, 0.3) is 0 Å². The van der Waals surface area contributed by atoms with Crippen LogP contribution in [-0.2, 0) is 52.5 Å². The van der Waals surface area contributed by atoms with Crippen molar-refractivity contribution in [1.29, 1.82) is 0 Å². The first-order chi connectivity index (χ1) is 20.1. The summed E-state index contributed by atoms with van der Waals surface area (Å²) in [7, 11) is 0. The van der Waals surface area contributed by atoms with Crippen molar-refractivity contribution < 1.29 is 62.7 Å². The Balaban J connectivity index is 1.59. The molecular weight excluding hydrogens is 568 g/mol. The van der Waals surface area contributed by atoms with Crippen molar-refractivity contribution in [2.24, 2.45) is 22.7 Å². The van der Waals surface area contributed by atoms with Gasteiger partial charge in [-0.25, -0.2) is 14.4 Å². The Morgan fingerprint density at radius 2 is 1.51 bits per heavy atom. The molecule has 13 heteroatoms. The van der Waals surface area contributed by atoms with Gasteiger partial charge in [0.15, 0.2) is 0 Å². The highest BCUT2D eigenvalue weighted by Gasteiger charge is 2.66. The Kier molecular flexibility index (Phi) is 9.15. The van der Waals surface area contributed by atoms with Crippen LogP contribution < -0.4 is 0 Å². The number of aliphatic carboxylic acids is 2. The zero-order valence-electron chi connectivity index (χ0n) is 24.6. The fourth-order valence-electron chi connectivity index (χ4n) is 7.91. The fourth-order valence-corrected chi connectivity index (χ4v) is 7.91. The number of carbonyl (C=O) groups excluding carboxylic acids is 5. The van der Waals surface area contributed by atoms with E-state index in [4.69, 9.17) is 29.2 Å². The van der Waals surface area contributed by atoms with Crippen LogP contribution in [0.1, 0.15) is 78.6 Å². The summed E-state index contributed by atoms with van der Waals surface area (Å²) in [4.78, 5) is 84.0. The number of carbonyl (C=O) groups is 7. The smallest absolute Gasteiger partial charge is 0.374 e. The molecule has 2 heterocycles. The Labute approximate surface area is 248 Å². The molecule has 236 valence electrons. The van der Waals surface area contributed by atoms with E-state index in [-0.39, 0.29) is 31.5 Å². The molecule has 43 heavy (non-hydrogen) atoms. The van der Waals surface area contributed by atoms with E-state index in [0.29, 0.717) is 31.3 Å². The molecule has 0 bridgehead atoms. The molecule has 13 nitrogen and oxygen atoms in total. The molecule has 0 aromatic carbocycles. The van der Waals surface area contributed by atoms with E-state index in [2.05, 4.69) is 6.92 Å². The maximum Gasteiger partial charge on any atom is 0.374 e. The summed E-state index contributed by atoms with van der Waals surface area (Å²) >= 11 is 0. The van der Waals surface area contributed by atoms with Crippen LogP contribution in [0.4, 0.5) is 0 Å². The highest BCUT2D eigenvalue weighted by Crippen LogP contribution is 2.66. The molecule has 0 spiro atoms. The third-order valence-electron chi connectivity index (χ3n) is 10.0. The Morgan fingerprint density at radius 3 is 2.09 bits per heavy atom. The molecular formula is C30H38O13. The van der Waals surface area contributed by atoms with E-state index in [9.17, 15) is 33.6 Å². The molecule has 1 saturated heterocycles. The van der Waals surface area contributed by atoms with Crippen LogP contribution in [-0.4, -0.2) is 82.6 Å². The van der Waals surface area contributed by atoms with E-state index < -0.39 is 95.7 Å². The third-order valence-corrected chi connectivity index (χ3v) is 10.0. The number of rotatable bonds is 12. The van der Waals surface area contributed by atoms with Gasteiger partial charge in [-0.1, -0.05) is 13.8 Å². The lowest BCUT2D eigenvalue weighted by molar-refractivity contribution is -0.214. The highest BCUT2D eigenvalue weighted by molar-refractivity contribution is 6.34. The summed E-state index contributed by atoms with van der Waals surface area (Å²) < 4.78 is 22.7. The number of carboxylic acids is 2. The molecule has 0 amide bonds. The van der Waals surface area contributed by atoms with E-state index in [1.165, 1.54) is 0 Å². The molecule has 2 aliphatic heterocycles. The first-order valence-corrected chi connectivity index (χ1v) is 14.5. The van der Waals surface area contributed by atoms with E-state index in [0.717, 1.165) is 0 Å². The monoisotopic (exact) mass is 606 g/mol. The summed E-state index contributed by atoms with van der Waals surface area (Å²) in [6.45, 7) is 5.75. The molecule has 2 aliphatic carbocycles. The summed E-state index contributed by atoms with van der Waals surface area (Å²) in [5, 5.41) is 17.7. The van der Waals surface area contributed by atoms with Gasteiger partial charge >= 0.3 is 29.8 Å². The lowest BCUT2D eigenvalue weighted by Crippen LogP contribution is -2.62. The van der Waals surface area contributed by atoms with Crippen LogP contribution in [0.25, 0.3) is 0 Å². The predicted molar refractivity (Wildman–Crippen MR) is 143 cm³/mol. The largest absolute Gasteiger partial charge is 0.481 e. The van der Waals surface area contributed by atoms with Gasteiger partial charge in [0.1, 0.15) is 19.3 Å². The van der Waals surface area contributed by atoms with Crippen LogP contribution >= 0.6 is 0 Å². The van der Waals surface area contributed by atoms with Crippen LogP contribution in [0.3, 0.4) is 0 Å². The van der Waals surface area contributed by atoms with Crippen molar-refractivity contribution in [2.75, 3.05) is 13.2 Å². The van der Waals surface area contributed by atoms with Gasteiger partial charge in [0.05, 0.1) is 30.1 Å². The Bertz CT molecular complexity index is 1250. The first-order valence-electron chi connectivity index (χ1n) is 14.5. The van der Waals surface area contributed by atoms with Crippen LogP contribution in [0.5, 0.6) is 0 Å². The maximum absolute atomic E-state index is 12.7. The Hall–Kier alpha value is -3.61. The average Bonchev–Trinajstić information content (AvgIpc) is 3.53. The molecule has 0 aromatic rings. The molecule has 7 atom stereocenters. The molecule has 2 saturated carbocycles. The van der Waals surface area contributed by atoms with Crippen LogP contribution in [0.15, 0.2) is 11.6 Å². The SMILES string of the molecule is C[C@]1(COC(=O)C(=O)CCC(=O)O)[C@H]2CC[C@@]3(C)OC(C4=CCOC4=O)CC3[C@]2(C)CC[C@H]1OC(=O)C(=O)CCC(=O)O. The molecule has 3 fully saturated rings. The Morgan fingerprint density at radius 1 is 0.884 bits per heavy atom. The molecule has 4 rings (SSSR count). The van der Waals surface area contributed by atoms with Gasteiger partial charge in [-0.2, -0.15) is 0 Å². The minimum absolute atomic E-state index is 0.0425. The van der Waals surface area contributed by atoms with Gasteiger partial charge in [0.2, 0.25) is 11.6 Å². The number of Topliss-reactive ketones (excluding diaryl/α,β-unsaturated/α-hetero) is 2. The highest BCUT2D eigenvalue weighted by atomic mass is 16.6. The molecule has 2 N–H and O–H groups in total. The quantitative estimate of drug-likeness (QED) is 0.186. The molecule has 0 radical (unpaired) electrons. The maximum atomic E-state index is 12.7. The fraction of sp³-hybridized carbons (Fsp3) is 0.700. The second-order valence-electron chi connectivity index (χ2n) is 12.7. The van der Waals surface area contributed by atoms with Crippen molar-refractivity contribution >= 4 is 41.4 Å². The van der Waals surface area contributed by atoms with Gasteiger partial charge in [-0.05, 0) is 62.4 Å². The zero-order chi connectivity index (χ0) is 31.7. The zero-order valence-corrected chi connectivity index (χ0v) is 24.6. The number of ketones is 2. The number of hydrogen-bond donors (Lipinski definition) is 2. The van der Waals surface area contributed by atoms with Crippen molar-refractivity contribution in [1.82, 2.24) is 0 Å². The number of carboxylic acid groups (broad SMARTS) is 2. The lowest BCUT2D eigenvalue weighted by Gasteiger charge is -2.62. The van der Waals surface area contributed by atoms with Crippen molar-refractivity contribution in [2.45, 2.75) is 96.4 Å². The lowest BCUT2D eigenvalue weighted by atomic mass is 9.44. The van der Waals surface area contributed by atoms with Crippen LogP contribution in [0, 0.1) is 22.7 Å². The number of ether oxygens (including phenoxy) is 4. The van der Waals surface area contributed by atoms with E-state index in [1.807, 2.05) is 6.92 Å². The summed E-state index contributed by atoms with van der Waals surface area (Å²) in [6, 6.07) is 0. The van der Waals surface area contributed by atoms with Crippen molar-refractivity contribution in [3.8, 4) is 0 Å². The number of cyclic esters (lactones) is 1. The topological polar surface area (TPSA) is 197 Å². The van der Waals surface area contributed by atoms with E-state index >= 15 is 0 Å². The molecule has 2 unspecified atom stereocenters. The second-order valence-corrected chi connectivity index (χ2v) is 12.7. The summed E-state index contributed by atoms with van der Waals surface area (Å²) in [5.41, 5.74) is -1.59. The average molecular weight is 607 g/mol. The standard InChI is InChI=1S/C30H38O13/c1-28-11-9-22(42-27(39)18(32)5-7-24(35)36)29(2,15-41-26(38)17(31)4-6-23(33)34)20(28)8-12-30(3)21(28)14-19(43-30)16-10-13-40-25(16)37/h10,19-22H,4-9,11-15H2,1-3H3,(H,33,34)(H,35,36)/t19?,20-,21?,22+,28+,29-,30+/m0/s1. The van der Waals surface area contributed by atoms with Gasteiger partial charge in [-0.3, -0.25) is 19.2 Å². The van der Waals surface area contributed by atoms with Crippen molar-refractivity contribution in [3.63, 3.8) is 0 Å². The second kappa shape index (κ2) is 12.2. The summed E-state index contributed by atoms with van der Waals surface area (Å²) in [5.74, 6) is -7.52. The van der Waals surface area contributed by atoms with Gasteiger partial charge in [-0.15, -0.1) is 0 Å². The number of fused-ring (bicyclic) bond motifs is 3. The third kappa shape index (κ3) is 6.36. The number of esters is 3. The molecule has 0 aromatic heterocycles. The summed E-state index contributed by atoms with van der Waals surface area (Å²) in [6.07, 6.45) is 0.799. The minimum atomic E-state index is -1.24. The van der Waals surface area contributed by atoms with Gasteiger partial charge < -0.3 is 29.2 Å². The minimum Gasteiger partial charge on any atom is -0.481 e. The number of hydrogen-bond acceptors (Lipinski definition) is 11. The van der Waals surface area contributed by atoms with Crippen LogP contribution in [0.2, 0.25) is 0 Å². The van der Waals surface area contributed by atoms with E-state index in [1.54, 1.807) is 13.0 Å².